The average Bonchev–Trinajstić information content (AvgIpc) is 2.65. The summed E-state index contributed by atoms with van der Waals surface area (Å²) in [6.07, 6.45) is 5.23. The third-order valence-corrected chi connectivity index (χ3v) is 6.07. The Kier molecular flexibility index (Phi) is 6.72. The quantitative estimate of drug-likeness (QED) is 0.770. The second-order valence-corrected chi connectivity index (χ2v) is 7.70. The summed E-state index contributed by atoms with van der Waals surface area (Å²) in [6.45, 7) is 4.15. The van der Waals surface area contributed by atoms with Crippen LogP contribution in [0.25, 0.3) is 0 Å². The van der Waals surface area contributed by atoms with Crippen LogP contribution >= 0.6 is 0 Å². The Morgan fingerprint density at radius 2 is 1.85 bits per heavy atom. The van der Waals surface area contributed by atoms with Crippen molar-refractivity contribution < 1.29 is 14.7 Å². The van der Waals surface area contributed by atoms with Crippen molar-refractivity contribution in [3.8, 4) is 0 Å². The highest BCUT2D eigenvalue weighted by molar-refractivity contribution is 5.75. The van der Waals surface area contributed by atoms with E-state index in [0.717, 1.165) is 19.4 Å². The Morgan fingerprint density at radius 1 is 1.19 bits per heavy atom. The van der Waals surface area contributed by atoms with Crippen LogP contribution in [0.4, 0.5) is 4.79 Å². The molecule has 1 aromatic rings. The first-order valence-corrected chi connectivity index (χ1v) is 10.1. The predicted octanol–water partition coefficient (Wildman–Crippen LogP) is 3.11. The minimum Gasteiger partial charge on any atom is -0.480 e. The Balaban J connectivity index is 1.56. The van der Waals surface area contributed by atoms with Gasteiger partial charge in [-0.1, -0.05) is 43.7 Å². The van der Waals surface area contributed by atoms with E-state index in [1.165, 1.54) is 24.8 Å². The van der Waals surface area contributed by atoms with Gasteiger partial charge in [0.15, 0.2) is 0 Å². The van der Waals surface area contributed by atoms with Crippen molar-refractivity contribution in [3.05, 3.63) is 35.9 Å². The zero-order valence-corrected chi connectivity index (χ0v) is 16.1. The molecule has 148 valence electrons. The lowest BCUT2D eigenvalue weighted by atomic mass is 9.77. The summed E-state index contributed by atoms with van der Waals surface area (Å²) in [5.74, 6) is -0.261. The molecule has 6 nitrogen and oxygen atoms in total. The molecule has 1 saturated heterocycles. The minimum absolute atomic E-state index is 0.00971. The van der Waals surface area contributed by atoms with Crippen LogP contribution in [0.2, 0.25) is 0 Å². The third-order valence-electron chi connectivity index (χ3n) is 6.07. The lowest BCUT2D eigenvalue weighted by Gasteiger charge is -2.39. The molecule has 0 bridgehead atoms. The number of rotatable bonds is 7. The van der Waals surface area contributed by atoms with Gasteiger partial charge in [0.1, 0.15) is 0 Å². The van der Waals surface area contributed by atoms with Crippen molar-refractivity contribution in [2.45, 2.75) is 51.1 Å². The number of nitrogens with zero attached hydrogens (tertiary/aromatic N) is 2. The number of carboxylic acid groups (broad SMARTS) is 1. The van der Waals surface area contributed by atoms with E-state index >= 15 is 0 Å². The number of urea groups is 1. The highest BCUT2D eigenvalue weighted by Crippen LogP contribution is 2.37. The number of likely N-dealkylation sites (tertiary alicyclic amines) is 1. The summed E-state index contributed by atoms with van der Waals surface area (Å²) >= 11 is 0. The normalized spacial score (nSPS) is 19.6. The molecule has 1 aromatic carbocycles. The molecule has 1 aliphatic heterocycles. The number of hydrogen-bond donors (Lipinski definition) is 2. The van der Waals surface area contributed by atoms with Gasteiger partial charge < -0.3 is 15.3 Å². The number of carbonyl (C=O) groups is 2. The van der Waals surface area contributed by atoms with Crippen LogP contribution in [-0.4, -0.2) is 59.1 Å². The van der Waals surface area contributed by atoms with E-state index in [1.807, 2.05) is 34.9 Å². The number of nitrogens with one attached hydrogen (secondary N) is 1. The number of amides is 2. The fraction of sp³-hybridized carbons (Fsp3) is 0.619. The molecule has 1 saturated carbocycles. The third kappa shape index (κ3) is 5.01. The number of carbonyl (C=O) groups excluding carboxylic acids is 1. The van der Waals surface area contributed by atoms with Crippen LogP contribution < -0.4 is 5.32 Å². The monoisotopic (exact) mass is 373 g/mol. The molecule has 1 heterocycles. The summed E-state index contributed by atoms with van der Waals surface area (Å²) in [7, 11) is 0. The summed E-state index contributed by atoms with van der Waals surface area (Å²) < 4.78 is 0. The molecule has 2 amide bonds. The van der Waals surface area contributed by atoms with E-state index in [1.54, 1.807) is 0 Å². The number of likely N-dealkylation sites (N-methyl/N-ethyl adjacent to an activating group) is 1. The van der Waals surface area contributed by atoms with Gasteiger partial charge in [-0.15, -0.1) is 0 Å². The second kappa shape index (κ2) is 9.22. The second-order valence-electron chi connectivity index (χ2n) is 7.70. The summed E-state index contributed by atoms with van der Waals surface area (Å²) in [5, 5.41) is 12.3. The number of piperidine rings is 1. The molecule has 0 radical (unpaired) electrons. The van der Waals surface area contributed by atoms with Crippen molar-refractivity contribution in [2.75, 3.05) is 26.2 Å². The Morgan fingerprint density at radius 3 is 2.37 bits per heavy atom. The topological polar surface area (TPSA) is 72.9 Å². The van der Waals surface area contributed by atoms with Gasteiger partial charge in [-0.2, -0.15) is 0 Å². The lowest BCUT2D eigenvalue weighted by Crippen LogP contribution is -2.51. The molecule has 1 aliphatic carbocycles. The fourth-order valence-electron chi connectivity index (χ4n) is 4.24. The van der Waals surface area contributed by atoms with Crippen molar-refractivity contribution in [1.82, 2.24) is 15.1 Å². The molecule has 2 fully saturated rings. The summed E-state index contributed by atoms with van der Waals surface area (Å²) in [5.41, 5.74) is 1.18. The minimum atomic E-state index is -0.789. The molecular weight excluding hydrogens is 342 g/mol. The van der Waals surface area contributed by atoms with E-state index in [2.05, 4.69) is 17.4 Å². The van der Waals surface area contributed by atoms with Crippen LogP contribution in [0.5, 0.6) is 0 Å². The van der Waals surface area contributed by atoms with Crippen molar-refractivity contribution in [3.63, 3.8) is 0 Å². The van der Waals surface area contributed by atoms with E-state index in [0.29, 0.717) is 19.0 Å². The SMILES string of the molecule is CCN(CC(=O)O)C1CCN(C(=O)NC(c2ccccc2)C2CCC2)CC1. The first kappa shape index (κ1) is 19.7. The molecule has 6 heteroatoms. The number of carboxylic acids is 1. The zero-order valence-electron chi connectivity index (χ0n) is 16.1. The van der Waals surface area contributed by atoms with Gasteiger partial charge in [-0.25, -0.2) is 4.79 Å². The standard InChI is InChI=1S/C21H31N3O3/c1-2-23(15-19(25)26)18-11-13-24(14-12-18)21(27)22-20(17-9-6-10-17)16-7-4-3-5-8-16/h3-5,7-8,17-18,20H,2,6,9-15H2,1H3,(H,22,27)(H,25,26). The maximum Gasteiger partial charge on any atom is 0.317 e. The zero-order chi connectivity index (χ0) is 19.2. The van der Waals surface area contributed by atoms with Crippen LogP contribution in [-0.2, 0) is 4.79 Å². The van der Waals surface area contributed by atoms with Crippen LogP contribution in [0.15, 0.2) is 30.3 Å². The largest absolute Gasteiger partial charge is 0.480 e. The maximum absolute atomic E-state index is 12.9. The average molecular weight is 373 g/mol. The number of hydrogen-bond acceptors (Lipinski definition) is 3. The molecule has 3 rings (SSSR count). The van der Waals surface area contributed by atoms with Crippen molar-refractivity contribution in [1.29, 1.82) is 0 Å². The first-order chi connectivity index (χ1) is 13.1. The van der Waals surface area contributed by atoms with Crippen molar-refractivity contribution >= 4 is 12.0 Å². The Bertz CT molecular complexity index is 625. The van der Waals surface area contributed by atoms with E-state index in [-0.39, 0.29) is 24.7 Å². The lowest BCUT2D eigenvalue weighted by molar-refractivity contribution is -0.139. The van der Waals surface area contributed by atoms with Gasteiger partial charge in [0.05, 0.1) is 12.6 Å². The molecule has 1 unspecified atom stereocenters. The van der Waals surface area contributed by atoms with Crippen LogP contribution in [0.1, 0.15) is 50.6 Å². The van der Waals surface area contributed by atoms with Gasteiger partial charge in [-0.3, -0.25) is 9.69 Å². The molecule has 0 spiro atoms. The smallest absolute Gasteiger partial charge is 0.317 e. The van der Waals surface area contributed by atoms with Crippen LogP contribution in [0, 0.1) is 5.92 Å². The van der Waals surface area contributed by atoms with Gasteiger partial charge >= 0.3 is 12.0 Å². The molecule has 2 aliphatic rings. The van der Waals surface area contributed by atoms with E-state index in [4.69, 9.17) is 5.11 Å². The van der Waals surface area contributed by atoms with E-state index < -0.39 is 5.97 Å². The number of benzene rings is 1. The fourth-order valence-corrected chi connectivity index (χ4v) is 4.24. The molecule has 1 atom stereocenters. The summed E-state index contributed by atoms with van der Waals surface area (Å²) in [6, 6.07) is 10.6. The Labute approximate surface area is 161 Å². The Hall–Kier alpha value is -2.08. The maximum atomic E-state index is 12.9. The van der Waals surface area contributed by atoms with Crippen LogP contribution in [0.3, 0.4) is 0 Å². The first-order valence-electron chi connectivity index (χ1n) is 10.1. The van der Waals surface area contributed by atoms with Gasteiger partial charge in [0.2, 0.25) is 0 Å². The summed E-state index contributed by atoms with van der Waals surface area (Å²) in [4.78, 5) is 27.8. The molecule has 0 aromatic heterocycles. The molecule has 27 heavy (non-hydrogen) atoms. The highest BCUT2D eigenvalue weighted by Gasteiger charge is 2.32. The molecule has 2 N–H and O–H groups in total. The van der Waals surface area contributed by atoms with Gasteiger partial charge in [0, 0.05) is 19.1 Å². The van der Waals surface area contributed by atoms with E-state index in [9.17, 15) is 9.59 Å². The van der Waals surface area contributed by atoms with Gasteiger partial charge in [-0.05, 0) is 43.7 Å². The number of aliphatic carboxylic acids is 1. The molecular formula is C21H31N3O3. The highest BCUT2D eigenvalue weighted by atomic mass is 16.4. The predicted molar refractivity (Wildman–Crippen MR) is 105 cm³/mol. The van der Waals surface area contributed by atoms with Crippen molar-refractivity contribution in [2.24, 2.45) is 5.92 Å². The van der Waals surface area contributed by atoms with Gasteiger partial charge in [0.25, 0.3) is 0 Å².